The van der Waals surface area contributed by atoms with Gasteiger partial charge in [-0.1, -0.05) is 41.7 Å². The molecule has 4 aliphatic rings. The second-order valence-electron chi connectivity index (χ2n) is 7.65. The van der Waals surface area contributed by atoms with Gasteiger partial charge in [-0.3, -0.25) is 4.79 Å². The first-order valence-corrected chi connectivity index (χ1v) is 11.8. The topological polar surface area (TPSA) is 110 Å². The van der Waals surface area contributed by atoms with E-state index < -0.39 is 16.6 Å². The number of aliphatic carboxylic acids is 2. The number of carbonyl (C=O) groups is 3. The van der Waals surface area contributed by atoms with Crippen LogP contribution in [-0.4, -0.2) is 68.2 Å². The summed E-state index contributed by atoms with van der Waals surface area (Å²) in [5, 5.41) is 21.9. The molecule has 1 unspecified atom stereocenters. The number of rotatable bonds is 7. The first-order chi connectivity index (χ1) is 14.9. The molecule has 3 saturated heterocycles. The molecule has 0 radical (unpaired) electrons. The van der Waals surface area contributed by atoms with E-state index in [1.807, 2.05) is 30.3 Å². The summed E-state index contributed by atoms with van der Waals surface area (Å²) in [6.07, 6.45) is 4.25. The molecule has 2 bridgehead atoms. The number of thioether (sulfide) groups is 2. The summed E-state index contributed by atoms with van der Waals surface area (Å²) in [6.45, 7) is 2.97. The molecule has 1 aromatic carbocycles. The monoisotopic (exact) mass is 461 g/mol. The van der Waals surface area contributed by atoms with Crippen LogP contribution in [0.4, 0.5) is 0 Å². The van der Waals surface area contributed by atoms with Crippen LogP contribution >= 0.6 is 23.5 Å². The largest absolute Gasteiger partial charge is 0.478 e. The molecule has 0 aromatic heterocycles. The van der Waals surface area contributed by atoms with Gasteiger partial charge >= 0.3 is 11.9 Å². The molecule has 0 saturated carbocycles. The first-order valence-electron chi connectivity index (χ1n) is 10.0. The van der Waals surface area contributed by atoms with Crippen LogP contribution in [-0.2, 0) is 14.4 Å². The Balaban J connectivity index is 1.55. The van der Waals surface area contributed by atoms with Gasteiger partial charge in [0, 0.05) is 23.7 Å². The van der Waals surface area contributed by atoms with E-state index in [1.54, 1.807) is 0 Å². The molecule has 164 valence electrons. The molecule has 4 heterocycles. The van der Waals surface area contributed by atoms with Gasteiger partial charge in [0.25, 0.3) is 5.91 Å². The fraction of sp³-hybridized carbons (Fsp3) is 0.381. The van der Waals surface area contributed by atoms with E-state index in [4.69, 9.17) is 5.11 Å². The van der Waals surface area contributed by atoms with Crippen LogP contribution in [0.1, 0.15) is 12.8 Å². The third-order valence-electron chi connectivity index (χ3n) is 5.65. The van der Waals surface area contributed by atoms with Gasteiger partial charge < -0.3 is 25.3 Å². The number of hydrogen-bond donors (Lipinski definition) is 3. The van der Waals surface area contributed by atoms with Crippen molar-refractivity contribution in [2.24, 2.45) is 5.92 Å². The fourth-order valence-corrected chi connectivity index (χ4v) is 6.62. The normalized spacial score (nSPS) is 27.7. The Hall–Kier alpha value is -2.43. The fourth-order valence-electron chi connectivity index (χ4n) is 4.11. The van der Waals surface area contributed by atoms with Crippen LogP contribution in [0.15, 0.2) is 58.1 Å². The van der Waals surface area contributed by atoms with E-state index in [2.05, 4.69) is 10.2 Å². The number of amides is 1. The predicted molar refractivity (Wildman–Crippen MR) is 118 cm³/mol. The Morgan fingerprint density at radius 3 is 2.42 bits per heavy atom. The lowest BCUT2D eigenvalue weighted by Gasteiger charge is -2.44. The van der Waals surface area contributed by atoms with E-state index in [-0.39, 0.29) is 17.6 Å². The summed E-state index contributed by atoms with van der Waals surface area (Å²) >= 11 is 2.59. The van der Waals surface area contributed by atoms with Gasteiger partial charge in [-0.15, -0.1) is 0 Å². The average molecular weight is 462 g/mol. The molecule has 2 atom stereocenters. The van der Waals surface area contributed by atoms with Crippen molar-refractivity contribution in [3.8, 4) is 0 Å². The second-order valence-corrected chi connectivity index (χ2v) is 10.2. The number of nitrogens with zero attached hydrogens (tertiary/aromatic N) is 2. The van der Waals surface area contributed by atoms with Crippen LogP contribution in [0, 0.1) is 5.92 Å². The van der Waals surface area contributed by atoms with Crippen molar-refractivity contribution in [3.05, 3.63) is 53.2 Å². The SMILES string of the molecule is O=C(O)/C=C(\C(=O)O)N1C=C(C(=O)N[C@H]2CN3CCC2CC3)SC1Sc1ccccc1. The number of carboxylic acid groups (broad SMARTS) is 2. The van der Waals surface area contributed by atoms with Crippen molar-refractivity contribution in [1.29, 1.82) is 0 Å². The maximum absolute atomic E-state index is 13.0. The molecule has 8 nitrogen and oxygen atoms in total. The number of nitrogens with one attached hydrogen (secondary N) is 1. The van der Waals surface area contributed by atoms with E-state index in [1.165, 1.54) is 34.6 Å². The molecule has 3 N–H and O–H groups in total. The zero-order chi connectivity index (χ0) is 22.0. The van der Waals surface area contributed by atoms with E-state index >= 15 is 0 Å². The van der Waals surface area contributed by atoms with Gasteiger partial charge in [-0.05, 0) is 44.0 Å². The molecule has 10 heteroatoms. The van der Waals surface area contributed by atoms with Crippen molar-refractivity contribution in [1.82, 2.24) is 15.1 Å². The van der Waals surface area contributed by atoms with Crippen LogP contribution in [0.25, 0.3) is 0 Å². The molecule has 31 heavy (non-hydrogen) atoms. The molecule has 4 aliphatic heterocycles. The predicted octanol–water partition coefficient (Wildman–Crippen LogP) is 2.22. The standard InChI is InChI=1S/C21H23N3O5S2/c25-18(26)10-16(20(28)29)24-12-17(31-21(24)30-14-4-2-1-3-5-14)19(27)22-15-11-23-8-6-13(15)7-9-23/h1-5,10,12-13,15,21H,6-9,11H2,(H,22,27)(H,25,26)(H,28,29)/b16-10+/t15-,21?/m0/s1. The second kappa shape index (κ2) is 9.37. The van der Waals surface area contributed by atoms with Gasteiger partial charge in [0.05, 0.1) is 11.0 Å². The number of piperidine rings is 3. The Bertz CT molecular complexity index is 928. The molecule has 0 aliphatic carbocycles. The van der Waals surface area contributed by atoms with Gasteiger partial charge in [-0.25, -0.2) is 9.59 Å². The maximum atomic E-state index is 13.0. The van der Waals surface area contributed by atoms with Gasteiger partial charge in [0.15, 0.2) is 0 Å². The Kier molecular flexibility index (Phi) is 6.59. The molecule has 3 fully saturated rings. The lowest BCUT2D eigenvalue weighted by Crippen LogP contribution is -2.57. The van der Waals surface area contributed by atoms with Crippen LogP contribution in [0.5, 0.6) is 0 Å². The zero-order valence-corrected chi connectivity index (χ0v) is 18.3. The third-order valence-corrected chi connectivity index (χ3v) is 8.17. The Morgan fingerprint density at radius 2 is 1.84 bits per heavy atom. The minimum absolute atomic E-state index is 0.0827. The van der Waals surface area contributed by atoms with Crippen LogP contribution < -0.4 is 5.32 Å². The van der Waals surface area contributed by atoms with Crippen molar-refractivity contribution >= 4 is 41.4 Å². The lowest BCUT2D eigenvalue weighted by molar-refractivity contribution is -0.136. The van der Waals surface area contributed by atoms with Crippen LogP contribution in [0.2, 0.25) is 0 Å². The van der Waals surface area contributed by atoms with Crippen molar-refractivity contribution in [3.63, 3.8) is 0 Å². The summed E-state index contributed by atoms with van der Waals surface area (Å²) in [5.74, 6) is -2.50. The van der Waals surface area contributed by atoms with E-state index in [0.717, 1.165) is 37.4 Å². The molecule has 5 rings (SSSR count). The lowest BCUT2D eigenvalue weighted by atomic mass is 9.84. The maximum Gasteiger partial charge on any atom is 0.352 e. The highest BCUT2D eigenvalue weighted by molar-refractivity contribution is 8.19. The number of benzene rings is 1. The quantitative estimate of drug-likeness (QED) is 0.527. The average Bonchev–Trinajstić information content (AvgIpc) is 3.17. The highest BCUT2D eigenvalue weighted by Gasteiger charge is 2.38. The summed E-state index contributed by atoms with van der Waals surface area (Å²) < 4.78 is -0.517. The van der Waals surface area contributed by atoms with Crippen molar-refractivity contribution in [2.45, 2.75) is 28.5 Å². The summed E-state index contributed by atoms with van der Waals surface area (Å²) in [4.78, 5) is 40.9. The summed E-state index contributed by atoms with van der Waals surface area (Å²) in [6, 6.07) is 9.46. The summed E-state index contributed by atoms with van der Waals surface area (Å²) in [5.41, 5.74) is -0.390. The summed E-state index contributed by atoms with van der Waals surface area (Å²) in [7, 11) is 0. The molecular formula is C21H23N3O5S2. The number of carbonyl (C=O) groups excluding carboxylic acids is 1. The third kappa shape index (κ3) is 5.08. The highest BCUT2D eigenvalue weighted by atomic mass is 32.2. The number of hydrogen-bond acceptors (Lipinski definition) is 7. The van der Waals surface area contributed by atoms with Crippen molar-refractivity contribution < 1.29 is 24.6 Å². The Morgan fingerprint density at radius 1 is 1.13 bits per heavy atom. The van der Waals surface area contributed by atoms with Crippen LogP contribution in [0.3, 0.4) is 0 Å². The Labute approximate surface area is 188 Å². The molecule has 1 amide bonds. The molecular weight excluding hydrogens is 438 g/mol. The smallest absolute Gasteiger partial charge is 0.352 e. The minimum atomic E-state index is -1.36. The number of carboxylic acids is 2. The van der Waals surface area contributed by atoms with E-state index in [9.17, 15) is 19.5 Å². The highest BCUT2D eigenvalue weighted by Crippen LogP contribution is 2.44. The number of fused-ring (bicyclic) bond motifs is 3. The first kappa shape index (κ1) is 21.8. The molecule has 1 aromatic rings. The van der Waals surface area contributed by atoms with E-state index in [0.29, 0.717) is 16.9 Å². The van der Waals surface area contributed by atoms with Crippen molar-refractivity contribution in [2.75, 3.05) is 19.6 Å². The minimum Gasteiger partial charge on any atom is -0.478 e. The molecule has 0 spiro atoms. The zero-order valence-electron chi connectivity index (χ0n) is 16.6. The van der Waals surface area contributed by atoms with Gasteiger partial charge in [0.1, 0.15) is 10.4 Å². The van der Waals surface area contributed by atoms with Gasteiger partial charge in [-0.2, -0.15) is 0 Å². The van der Waals surface area contributed by atoms with Gasteiger partial charge in [0.2, 0.25) is 0 Å².